The number of aromatic nitrogens is 1. The van der Waals surface area contributed by atoms with Crippen LogP contribution in [0.3, 0.4) is 0 Å². The van der Waals surface area contributed by atoms with E-state index in [-0.39, 0.29) is 5.91 Å². The van der Waals surface area contributed by atoms with E-state index in [1.165, 1.54) is 11.8 Å². The largest absolute Gasteiger partial charge is 0.481 e. The summed E-state index contributed by atoms with van der Waals surface area (Å²) in [5, 5.41) is 8.87. The quantitative estimate of drug-likeness (QED) is 0.857. The lowest BCUT2D eigenvalue weighted by Crippen LogP contribution is -2.37. The minimum absolute atomic E-state index is 0.251. The Kier molecular flexibility index (Phi) is 4.20. The molecule has 1 amide bonds. The molecule has 0 aromatic carbocycles. The number of pyridine rings is 1. The first kappa shape index (κ1) is 13.2. The molecule has 2 unspecified atom stereocenters. The van der Waals surface area contributed by atoms with E-state index in [0.29, 0.717) is 5.82 Å². The molecule has 17 heavy (non-hydrogen) atoms. The van der Waals surface area contributed by atoms with Gasteiger partial charge in [0.2, 0.25) is 5.91 Å². The van der Waals surface area contributed by atoms with Crippen LogP contribution in [-0.2, 0) is 9.59 Å². The van der Waals surface area contributed by atoms with Gasteiger partial charge >= 0.3 is 5.97 Å². The van der Waals surface area contributed by atoms with Crippen LogP contribution in [0.2, 0.25) is 0 Å². The van der Waals surface area contributed by atoms with Crippen molar-refractivity contribution in [1.82, 2.24) is 4.98 Å². The number of anilines is 1. The Morgan fingerprint density at radius 1 is 1.29 bits per heavy atom. The third kappa shape index (κ3) is 3.03. The Morgan fingerprint density at radius 3 is 2.41 bits per heavy atom. The van der Waals surface area contributed by atoms with Crippen molar-refractivity contribution in [3.63, 3.8) is 0 Å². The van der Waals surface area contributed by atoms with Crippen molar-refractivity contribution in [3.8, 4) is 0 Å². The molecule has 1 aromatic heterocycles. The molecule has 1 rings (SSSR count). The lowest BCUT2D eigenvalue weighted by atomic mass is 9.95. The molecule has 0 aliphatic heterocycles. The number of amides is 1. The predicted molar refractivity (Wildman–Crippen MR) is 63.6 cm³/mol. The molecule has 0 fully saturated rings. The van der Waals surface area contributed by atoms with Crippen LogP contribution in [-0.4, -0.2) is 29.0 Å². The van der Waals surface area contributed by atoms with Gasteiger partial charge in [0, 0.05) is 19.2 Å². The number of carbonyl (C=O) groups is 2. The van der Waals surface area contributed by atoms with Crippen LogP contribution >= 0.6 is 0 Å². The number of rotatable bonds is 4. The fraction of sp³-hybridized carbons (Fsp3) is 0.417. The minimum Gasteiger partial charge on any atom is -0.481 e. The van der Waals surface area contributed by atoms with Crippen LogP contribution in [0.4, 0.5) is 5.82 Å². The Bertz CT molecular complexity index is 405. The van der Waals surface area contributed by atoms with Crippen LogP contribution in [0.25, 0.3) is 0 Å². The monoisotopic (exact) mass is 236 g/mol. The smallest absolute Gasteiger partial charge is 0.307 e. The van der Waals surface area contributed by atoms with Gasteiger partial charge in [-0.15, -0.1) is 0 Å². The maximum absolute atomic E-state index is 12.0. The number of hydrogen-bond donors (Lipinski definition) is 1. The molecule has 0 spiro atoms. The third-order valence-electron chi connectivity index (χ3n) is 2.85. The zero-order valence-corrected chi connectivity index (χ0v) is 10.1. The molecule has 0 radical (unpaired) electrons. The molecule has 0 saturated carbocycles. The summed E-state index contributed by atoms with van der Waals surface area (Å²) in [7, 11) is 1.59. The van der Waals surface area contributed by atoms with Gasteiger partial charge in [-0.1, -0.05) is 19.9 Å². The van der Waals surface area contributed by atoms with Gasteiger partial charge in [-0.25, -0.2) is 4.98 Å². The highest BCUT2D eigenvalue weighted by Gasteiger charge is 2.28. The van der Waals surface area contributed by atoms with Gasteiger partial charge in [0.1, 0.15) is 5.82 Å². The van der Waals surface area contributed by atoms with E-state index in [4.69, 9.17) is 5.11 Å². The number of carboxylic acid groups (broad SMARTS) is 1. The average molecular weight is 236 g/mol. The fourth-order valence-electron chi connectivity index (χ4n) is 1.40. The van der Waals surface area contributed by atoms with Crippen LogP contribution in [0.5, 0.6) is 0 Å². The fourth-order valence-corrected chi connectivity index (χ4v) is 1.40. The number of carboxylic acids is 1. The van der Waals surface area contributed by atoms with Gasteiger partial charge in [0.15, 0.2) is 0 Å². The normalized spacial score (nSPS) is 13.8. The summed E-state index contributed by atoms with van der Waals surface area (Å²) < 4.78 is 0. The number of carbonyl (C=O) groups excluding carboxylic acids is 1. The molecule has 5 nitrogen and oxygen atoms in total. The van der Waals surface area contributed by atoms with E-state index >= 15 is 0 Å². The molecule has 1 N–H and O–H groups in total. The second kappa shape index (κ2) is 5.43. The molecule has 2 atom stereocenters. The van der Waals surface area contributed by atoms with Crippen molar-refractivity contribution >= 4 is 17.7 Å². The maximum atomic E-state index is 12.0. The molecule has 0 saturated heterocycles. The van der Waals surface area contributed by atoms with Crippen LogP contribution < -0.4 is 4.90 Å². The van der Waals surface area contributed by atoms with Gasteiger partial charge < -0.3 is 5.11 Å². The average Bonchev–Trinajstić information content (AvgIpc) is 2.36. The van der Waals surface area contributed by atoms with Gasteiger partial charge in [-0.05, 0) is 12.1 Å². The number of nitrogens with zero attached hydrogens (tertiary/aromatic N) is 2. The van der Waals surface area contributed by atoms with E-state index in [1.807, 2.05) is 0 Å². The first-order valence-electron chi connectivity index (χ1n) is 5.36. The SMILES string of the molecule is CC(C(=O)O)C(C)C(=O)N(C)c1ccccn1. The van der Waals surface area contributed by atoms with Crippen molar-refractivity contribution in [1.29, 1.82) is 0 Å². The van der Waals surface area contributed by atoms with Gasteiger partial charge in [-0.3, -0.25) is 14.5 Å². The summed E-state index contributed by atoms with van der Waals surface area (Å²) in [6.07, 6.45) is 1.59. The van der Waals surface area contributed by atoms with E-state index in [9.17, 15) is 9.59 Å². The van der Waals surface area contributed by atoms with E-state index in [1.54, 1.807) is 38.4 Å². The topological polar surface area (TPSA) is 70.5 Å². The summed E-state index contributed by atoms with van der Waals surface area (Å²) in [4.78, 5) is 28.3. The highest BCUT2D eigenvalue weighted by Crippen LogP contribution is 2.17. The molecule has 0 aliphatic rings. The van der Waals surface area contributed by atoms with E-state index < -0.39 is 17.8 Å². The zero-order chi connectivity index (χ0) is 13.0. The Labute approximate surface area is 100 Å². The van der Waals surface area contributed by atoms with Crippen molar-refractivity contribution in [2.45, 2.75) is 13.8 Å². The standard InChI is InChI=1S/C12H16N2O3/c1-8(9(2)12(16)17)11(15)14(3)10-6-4-5-7-13-10/h4-9H,1-3H3,(H,16,17). The molecule has 1 heterocycles. The van der Waals surface area contributed by atoms with Crippen molar-refractivity contribution < 1.29 is 14.7 Å². The summed E-state index contributed by atoms with van der Waals surface area (Å²) in [6, 6.07) is 5.23. The van der Waals surface area contributed by atoms with Crippen LogP contribution in [0.1, 0.15) is 13.8 Å². The van der Waals surface area contributed by atoms with Crippen LogP contribution in [0, 0.1) is 11.8 Å². The lowest BCUT2D eigenvalue weighted by Gasteiger charge is -2.22. The number of aliphatic carboxylic acids is 1. The Morgan fingerprint density at radius 2 is 1.94 bits per heavy atom. The second-order valence-corrected chi connectivity index (χ2v) is 4.00. The van der Waals surface area contributed by atoms with E-state index in [2.05, 4.69) is 4.98 Å². The summed E-state index contributed by atoms with van der Waals surface area (Å²) >= 11 is 0. The zero-order valence-electron chi connectivity index (χ0n) is 10.1. The molecule has 5 heteroatoms. The summed E-state index contributed by atoms with van der Waals surface area (Å²) in [5.41, 5.74) is 0. The maximum Gasteiger partial charge on any atom is 0.307 e. The summed E-state index contributed by atoms with van der Waals surface area (Å²) in [5.74, 6) is -2.01. The first-order chi connectivity index (χ1) is 7.95. The third-order valence-corrected chi connectivity index (χ3v) is 2.85. The van der Waals surface area contributed by atoms with Crippen molar-refractivity contribution in [2.24, 2.45) is 11.8 Å². The van der Waals surface area contributed by atoms with Crippen molar-refractivity contribution in [2.75, 3.05) is 11.9 Å². The van der Waals surface area contributed by atoms with E-state index in [0.717, 1.165) is 0 Å². The predicted octanol–water partition coefficient (Wildman–Crippen LogP) is 1.40. The van der Waals surface area contributed by atoms with Gasteiger partial charge in [0.25, 0.3) is 0 Å². The molecule has 0 bridgehead atoms. The molecule has 92 valence electrons. The van der Waals surface area contributed by atoms with Crippen LogP contribution in [0.15, 0.2) is 24.4 Å². The lowest BCUT2D eigenvalue weighted by molar-refractivity contribution is -0.145. The highest BCUT2D eigenvalue weighted by molar-refractivity contribution is 5.95. The Hall–Kier alpha value is -1.91. The van der Waals surface area contributed by atoms with Gasteiger partial charge in [0.05, 0.1) is 5.92 Å². The second-order valence-electron chi connectivity index (χ2n) is 4.00. The molecular weight excluding hydrogens is 220 g/mol. The molecule has 1 aromatic rings. The Balaban J connectivity index is 2.80. The van der Waals surface area contributed by atoms with Crippen molar-refractivity contribution in [3.05, 3.63) is 24.4 Å². The summed E-state index contributed by atoms with van der Waals surface area (Å²) in [6.45, 7) is 3.14. The number of hydrogen-bond acceptors (Lipinski definition) is 3. The minimum atomic E-state index is -0.972. The first-order valence-corrected chi connectivity index (χ1v) is 5.36. The molecule has 0 aliphatic carbocycles. The molecular formula is C12H16N2O3. The van der Waals surface area contributed by atoms with Gasteiger partial charge in [-0.2, -0.15) is 0 Å². The highest BCUT2D eigenvalue weighted by atomic mass is 16.4.